The number of allylic oxidation sites excluding steroid dienone is 1. The number of carbonyl (C=O) groups is 1. The van der Waals surface area contributed by atoms with E-state index in [9.17, 15) is 9.18 Å². The third-order valence-corrected chi connectivity index (χ3v) is 3.73. The van der Waals surface area contributed by atoms with E-state index in [1.54, 1.807) is 12.1 Å². The molecule has 2 aliphatic heterocycles. The predicted molar refractivity (Wildman–Crippen MR) is 70.2 cm³/mol. The van der Waals surface area contributed by atoms with E-state index in [4.69, 9.17) is 0 Å². The Morgan fingerprint density at radius 2 is 1.95 bits per heavy atom. The van der Waals surface area contributed by atoms with E-state index in [0.717, 1.165) is 17.0 Å². The Labute approximate surface area is 111 Å². The van der Waals surface area contributed by atoms with Crippen molar-refractivity contribution in [3.05, 3.63) is 41.3 Å². The van der Waals surface area contributed by atoms with Gasteiger partial charge in [-0.1, -0.05) is 0 Å². The molecule has 0 aliphatic carbocycles. The minimum absolute atomic E-state index is 0.0326. The second kappa shape index (κ2) is 4.26. The van der Waals surface area contributed by atoms with Gasteiger partial charge in [0.1, 0.15) is 12.0 Å². The van der Waals surface area contributed by atoms with E-state index < -0.39 is 0 Å². The molecular formula is C14H16FN3O. The molecule has 1 unspecified atom stereocenters. The number of hydrogen-bond acceptors (Lipinski definition) is 3. The fourth-order valence-electron chi connectivity index (χ4n) is 2.74. The molecule has 1 fully saturated rings. The van der Waals surface area contributed by atoms with Crippen molar-refractivity contribution in [2.75, 3.05) is 6.54 Å². The molecule has 0 spiro atoms. The summed E-state index contributed by atoms with van der Waals surface area (Å²) < 4.78 is 13.0. The normalized spacial score (nSPS) is 26.1. The van der Waals surface area contributed by atoms with Crippen LogP contribution >= 0.6 is 0 Å². The van der Waals surface area contributed by atoms with Gasteiger partial charge in [0.05, 0.1) is 18.3 Å². The van der Waals surface area contributed by atoms with Crippen LogP contribution in [0.3, 0.4) is 0 Å². The van der Waals surface area contributed by atoms with Crippen molar-refractivity contribution in [2.24, 2.45) is 0 Å². The molecule has 0 radical (unpaired) electrons. The van der Waals surface area contributed by atoms with Crippen LogP contribution in [0.15, 0.2) is 30.0 Å². The van der Waals surface area contributed by atoms with Gasteiger partial charge < -0.3 is 15.5 Å². The van der Waals surface area contributed by atoms with Gasteiger partial charge in [0.2, 0.25) is 5.91 Å². The third-order valence-electron chi connectivity index (χ3n) is 3.73. The van der Waals surface area contributed by atoms with E-state index in [1.165, 1.54) is 12.1 Å². The maximum atomic E-state index is 13.0. The number of fused-ring (bicyclic) bond motifs is 1. The monoisotopic (exact) mass is 261 g/mol. The van der Waals surface area contributed by atoms with Crippen LogP contribution in [-0.4, -0.2) is 29.6 Å². The minimum Gasteiger partial charge on any atom is -0.362 e. The first kappa shape index (κ1) is 12.0. The molecule has 0 bridgehead atoms. The highest BCUT2D eigenvalue weighted by Gasteiger charge is 2.38. The predicted octanol–water partition coefficient (Wildman–Crippen LogP) is 1.26. The lowest BCUT2D eigenvalue weighted by Gasteiger charge is -2.37. The molecular weight excluding hydrogens is 245 g/mol. The Balaban J connectivity index is 1.95. The van der Waals surface area contributed by atoms with Gasteiger partial charge in [-0.05, 0) is 43.7 Å². The van der Waals surface area contributed by atoms with Crippen molar-refractivity contribution in [3.63, 3.8) is 0 Å². The topological polar surface area (TPSA) is 44.4 Å². The van der Waals surface area contributed by atoms with E-state index >= 15 is 0 Å². The second-order valence-electron chi connectivity index (χ2n) is 5.04. The van der Waals surface area contributed by atoms with E-state index in [2.05, 4.69) is 15.5 Å². The number of benzene rings is 1. The molecule has 2 heterocycles. The van der Waals surface area contributed by atoms with Crippen LogP contribution in [0.2, 0.25) is 0 Å². The fourth-order valence-corrected chi connectivity index (χ4v) is 2.74. The summed E-state index contributed by atoms with van der Waals surface area (Å²) in [5.74, 6) is -0.215. The molecule has 2 atom stereocenters. The maximum Gasteiger partial charge on any atom is 0.239 e. The zero-order chi connectivity index (χ0) is 13.6. The quantitative estimate of drug-likeness (QED) is 0.800. The average molecular weight is 261 g/mol. The van der Waals surface area contributed by atoms with Gasteiger partial charge in [-0.25, -0.2) is 4.39 Å². The molecule has 1 amide bonds. The van der Waals surface area contributed by atoms with Gasteiger partial charge in [0.15, 0.2) is 0 Å². The lowest BCUT2D eigenvalue weighted by Crippen LogP contribution is -2.60. The number of halogens is 1. The largest absolute Gasteiger partial charge is 0.362 e. The van der Waals surface area contributed by atoms with Crippen LogP contribution in [-0.2, 0) is 4.79 Å². The van der Waals surface area contributed by atoms with Crippen molar-refractivity contribution in [2.45, 2.75) is 26.1 Å². The summed E-state index contributed by atoms with van der Waals surface area (Å²) in [7, 11) is 0. The Morgan fingerprint density at radius 1 is 1.26 bits per heavy atom. The van der Waals surface area contributed by atoms with Gasteiger partial charge in [-0.3, -0.25) is 4.79 Å². The maximum absolute atomic E-state index is 13.0. The Kier molecular flexibility index (Phi) is 2.69. The summed E-state index contributed by atoms with van der Waals surface area (Å²) in [5.41, 5.74) is 2.93. The van der Waals surface area contributed by atoms with Crippen LogP contribution < -0.4 is 10.6 Å². The van der Waals surface area contributed by atoms with Crippen molar-refractivity contribution < 1.29 is 9.18 Å². The summed E-state index contributed by atoms with van der Waals surface area (Å²) in [6.07, 6.45) is 0.0674. The lowest BCUT2D eigenvalue weighted by molar-refractivity contribution is -0.126. The highest BCUT2D eigenvalue weighted by atomic mass is 19.1. The number of nitrogens with one attached hydrogen (secondary N) is 2. The Hall–Kier alpha value is -2.04. The summed E-state index contributed by atoms with van der Waals surface area (Å²) in [4.78, 5) is 13.7. The van der Waals surface area contributed by atoms with Crippen LogP contribution in [0.25, 0.3) is 5.70 Å². The average Bonchev–Trinajstić information content (AvgIpc) is 2.69. The first-order chi connectivity index (χ1) is 9.06. The molecule has 1 aromatic rings. The molecule has 0 aromatic heterocycles. The van der Waals surface area contributed by atoms with Crippen LogP contribution in [0.4, 0.5) is 4.39 Å². The van der Waals surface area contributed by atoms with Gasteiger partial charge in [-0.15, -0.1) is 0 Å². The molecule has 19 heavy (non-hydrogen) atoms. The number of piperazine rings is 1. The van der Waals surface area contributed by atoms with Gasteiger partial charge in [-0.2, -0.15) is 0 Å². The molecule has 100 valence electrons. The summed E-state index contributed by atoms with van der Waals surface area (Å²) in [6.45, 7) is 4.32. The van der Waals surface area contributed by atoms with Gasteiger partial charge in [0, 0.05) is 5.70 Å². The smallest absolute Gasteiger partial charge is 0.239 e. The summed E-state index contributed by atoms with van der Waals surface area (Å²) in [6, 6.07) is 6.43. The van der Waals surface area contributed by atoms with Gasteiger partial charge >= 0.3 is 0 Å². The highest BCUT2D eigenvalue weighted by Crippen LogP contribution is 2.29. The van der Waals surface area contributed by atoms with E-state index in [1.807, 2.05) is 13.8 Å². The summed E-state index contributed by atoms with van der Waals surface area (Å²) in [5, 5.41) is 6.34. The first-order valence-electron chi connectivity index (χ1n) is 6.35. The van der Waals surface area contributed by atoms with E-state index in [-0.39, 0.29) is 23.9 Å². The van der Waals surface area contributed by atoms with Crippen LogP contribution in [0.1, 0.15) is 19.4 Å². The molecule has 5 heteroatoms. The number of nitrogens with zero attached hydrogens (tertiary/aromatic N) is 1. The molecule has 0 saturated carbocycles. The number of carbonyl (C=O) groups excluding carboxylic acids is 1. The molecule has 3 rings (SSSR count). The first-order valence-corrected chi connectivity index (χ1v) is 6.35. The standard InChI is InChI=1S/C14H16FN3O/c1-8-14-17-13(10-3-5-11(15)6-4-10)9(2)18(14)7-12(19)16-8/h3-6,8,14,17H,7H2,1-2H3,(H,16,19)/t8-,14?/m0/s1. The molecule has 1 saturated heterocycles. The van der Waals surface area contributed by atoms with Crippen molar-refractivity contribution in [1.29, 1.82) is 0 Å². The Bertz CT molecular complexity index is 552. The van der Waals surface area contributed by atoms with Crippen LogP contribution in [0, 0.1) is 5.82 Å². The van der Waals surface area contributed by atoms with Crippen molar-refractivity contribution in [1.82, 2.24) is 15.5 Å². The summed E-state index contributed by atoms with van der Waals surface area (Å²) >= 11 is 0. The minimum atomic E-state index is -0.247. The Morgan fingerprint density at radius 3 is 2.63 bits per heavy atom. The fraction of sp³-hybridized carbons (Fsp3) is 0.357. The van der Waals surface area contributed by atoms with Gasteiger partial charge in [0.25, 0.3) is 0 Å². The zero-order valence-corrected chi connectivity index (χ0v) is 10.9. The van der Waals surface area contributed by atoms with Crippen molar-refractivity contribution >= 4 is 11.6 Å². The SMILES string of the molecule is CC1=C(c2ccc(F)cc2)NC2[C@H](C)NC(=O)CN12. The third kappa shape index (κ3) is 1.95. The van der Waals surface area contributed by atoms with Crippen LogP contribution in [0.5, 0.6) is 0 Å². The lowest BCUT2D eigenvalue weighted by atomic mass is 10.1. The number of amides is 1. The number of hydrogen-bond donors (Lipinski definition) is 2. The number of rotatable bonds is 1. The van der Waals surface area contributed by atoms with Crippen molar-refractivity contribution in [3.8, 4) is 0 Å². The molecule has 4 nitrogen and oxygen atoms in total. The molecule has 1 aromatic carbocycles. The molecule has 2 aliphatic rings. The zero-order valence-electron chi connectivity index (χ0n) is 10.9. The second-order valence-corrected chi connectivity index (χ2v) is 5.04. The molecule has 2 N–H and O–H groups in total. The van der Waals surface area contributed by atoms with E-state index in [0.29, 0.717) is 6.54 Å². The highest BCUT2D eigenvalue weighted by molar-refractivity contribution is 5.81.